The molecule has 0 unspecified atom stereocenters. The minimum Gasteiger partial charge on any atom is -0.459 e. The summed E-state index contributed by atoms with van der Waals surface area (Å²) >= 11 is 1.54. The lowest BCUT2D eigenvalue weighted by molar-refractivity contribution is -0.150. The fourth-order valence-corrected chi connectivity index (χ4v) is 7.20. The largest absolute Gasteiger partial charge is 0.459 e. The Morgan fingerprint density at radius 2 is 1.81 bits per heavy atom. The van der Waals surface area contributed by atoms with Crippen molar-refractivity contribution in [1.82, 2.24) is 15.2 Å². The zero-order valence-electron chi connectivity index (χ0n) is 30.2. The van der Waals surface area contributed by atoms with Crippen molar-refractivity contribution in [3.8, 4) is 10.4 Å². The highest BCUT2D eigenvalue weighted by Crippen LogP contribution is 2.39. The van der Waals surface area contributed by atoms with Crippen LogP contribution in [0.4, 0.5) is 0 Å². The summed E-state index contributed by atoms with van der Waals surface area (Å²) in [7, 11) is -0.570. The summed E-state index contributed by atoms with van der Waals surface area (Å²) < 4.78 is 22.5. The highest BCUT2D eigenvalue weighted by atomic mass is 32.1. The summed E-state index contributed by atoms with van der Waals surface area (Å²) in [5, 5.41) is 3.09. The molecular formula is C35H55N3O7SSi. The molecule has 1 fully saturated rings. The molecule has 0 bridgehead atoms. The number of hydrogen-bond donors (Lipinski definition) is 1. The summed E-state index contributed by atoms with van der Waals surface area (Å²) in [6, 6.07) is 5.25. The van der Waals surface area contributed by atoms with E-state index in [2.05, 4.69) is 44.2 Å². The lowest BCUT2D eigenvalue weighted by Crippen LogP contribution is -2.49. The van der Waals surface area contributed by atoms with E-state index in [1.165, 1.54) is 11.3 Å². The number of carbonyl (C=O) groups excluding carboxylic acids is 3. The van der Waals surface area contributed by atoms with Gasteiger partial charge in [-0.05, 0) is 53.2 Å². The van der Waals surface area contributed by atoms with E-state index in [0.29, 0.717) is 26.2 Å². The average molecular weight is 690 g/mol. The van der Waals surface area contributed by atoms with Gasteiger partial charge in [-0.15, -0.1) is 11.3 Å². The van der Waals surface area contributed by atoms with Crippen molar-refractivity contribution < 1.29 is 33.0 Å². The van der Waals surface area contributed by atoms with E-state index in [-0.39, 0.29) is 54.0 Å². The Morgan fingerprint density at radius 1 is 1.11 bits per heavy atom. The maximum absolute atomic E-state index is 13.9. The van der Waals surface area contributed by atoms with Gasteiger partial charge < -0.3 is 28.9 Å². The van der Waals surface area contributed by atoms with E-state index >= 15 is 0 Å². The third-order valence-electron chi connectivity index (χ3n) is 9.49. The first kappa shape index (κ1) is 38.8. The number of rotatable bonds is 14. The SMILES string of the molecule is COCCOCC(=O)OCc1cc(-c2scnc2C)ccc1CNC(=O)[C@@H]1C[C@@H](O[Si](C)(C)C(C)(C)C)CN1C(=O)[C@@H](C)C(C)(C)C. The molecule has 12 heteroatoms. The van der Waals surface area contributed by atoms with Crippen LogP contribution in [0.5, 0.6) is 0 Å². The van der Waals surface area contributed by atoms with Crippen molar-refractivity contribution in [3.05, 3.63) is 40.5 Å². The molecule has 2 amide bonds. The van der Waals surface area contributed by atoms with Gasteiger partial charge in [-0.2, -0.15) is 0 Å². The minimum absolute atomic E-state index is 0.000660. The first-order chi connectivity index (χ1) is 21.9. The van der Waals surface area contributed by atoms with Crippen LogP contribution in [-0.4, -0.2) is 81.6 Å². The molecule has 1 N–H and O–H groups in total. The Labute approximate surface area is 286 Å². The van der Waals surface area contributed by atoms with E-state index in [0.717, 1.165) is 27.3 Å². The van der Waals surface area contributed by atoms with Gasteiger partial charge in [0.05, 0.1) is 35.4 Å². The normalized spacial score (nSPS) is 17.9. The summed E-state index contributed by atoms with van der Waals surface area (Å²) in [5.41, 5.74) is 4.99. The number of thiazole rings is 1. The molecule has 10 nitrogen and oxygen atoms in total. The first-order valence-corrected chi connectivity index (χ1v) is 20.1. The quantitative estimate of drug-likeness (QED) is 0.144. The Kier molecular flexibility index (Phi) is 13.3. The van der Waals surface area contributed by atoms with E-state index in [1.807, 2.05) is 52.8 Å². The highest BCUT2D eigenvalue weighted by molar-refractivity contribution is 7.13. The third-order valence-corrected chi connectivity index (χ3v) is 15.0. The molecule has 1 saturated heterocycles. The maximum Gasteiger partial charge on any atom is 0.332 e. The molecule has 3 atom stereocenters. The van der Waals surface area contributed by atoms with Crippen molar-refractivity contribution in [3.63, 3.8) is 0 Å². The lowest BCUT2D eigenvalue weighted by atomic mass is 9.81. The van der Waals surface area contributed by atoms with Gasteiger partial charge in [-0.3, -0.25) is 9.59 Å². The second kappa shape index (κ2) is 16.2. The molecule has 1 aliphatic heterocycles. The van der Waals surface area contributed by atoms with E-state index in [9.17, 15) is 14.4 Å². The standard InChI is InChI=1S/C35H55N3O7SSi/c1-23(34(3,4)5)33(41)38-19-28(45-47(10,11)35(6,7)8)17-29(38)32(40)36-18-26-13-12-25(31-24(2)37-22-46-31)16-27(26)20-44-30(39)21-43-15-14-42-9/h12-13,16,22-23,28-29H,14-15,17-21H2,1-11H3,(H,36,40)/t23-,28-,29+/m1/s1. The zero-order valence-corrected chi connectivity index (χ0v) is 32.0. The van der Waals surface area contributed by atoms with Gasteiger partial charge in [0.2, 0.25) is 11.8 Å². The van der Waals surface area contributed by atoms with Crippen LogP contribution in [0.3, 0.4) is 0 Å². The smallest absolute Gasteiger partial charge is 0.332 e. The van der Waals surface area contributed by atoms with Gasteiger partial charge in [0.15, 0.2) is 8.32 Å². The Bertz CT molecular complexity index is 1380. The Hall–Kier alpha value is -2.64. The van der Waals surface area contributed by atoms with Crippen molar-refractivity contribution in [2.24, 2.45) is 11.3 Å². The van der Waals surface area contributed by atoms with Gasteiger partial charge in [0.1, 0.15) is 19.3 Å². The van der Waals surface area contributed by atoms with Crippen molar-refractivity contribution in [2.45, 2.75) is 105 Å². The number of carbonyl (C=O) groups is 3. The topological polar surface area (TPSA) is 116 Å². The fraction of sp³-hybridized carbons (Fsp3) is 0.657. The van der Waals surface area contributed by atoms with E-state index in [1.54, 1.807) is 17.5 Å². The van der Waals surface area contributed by atoms with Crippen molar-refractivity contribution >= 4 is 37.4 Å². The number of aromatic nitrogens is 1. The molecule has 1 aliphatic rings. The number of nitrogens with one attached hydrogen (secondary N) is 1. The van der Waals surface area contributed by atoms with Gasteiger partial charge in [-0.1, -0.05) is 60.6 Å². The number of ether oxygens (including phenoxy) is 3. The van der Waals surface area contributed by atoms with Gasteiger partial charge in [0, 0.05) is 32.5 Å². The molecule has 0 saturated carbocycles. The van der Waals surface area contributed by atoms with Gasteiger partial charge in [-0.25, -0.2) is 9.78 Å². The van der Waals surface area contributed by atoms with Crippen LogP contribution in [0, 0.1) is 18.3 Å². The van der Waals surface area contributed by atoms with Crippen LogP contribution < -0.4 is 5.32 Å². The number of hydrogen-bond acceptors (Lipinski definition) is 9. The molecular weight excluding hydrogens is 635 g/mol. The molecule has 1 aromatic carbocycles. The molecule has 0 spiro atoms. The number of methoxy groups -OCH3 is 1. The van der Waals surface area contributed by atoms with Crippen LogP contribution in [0.25, 0.3) is 10.4 Å². The average Bonchev–Trinajstić information content (AvgIpc) is 3.61. The summed E-state index contributed by atoms with van der Waals surface area (Å²) in [5.74, 6) is -1.02. The number of amides is 2. The number of benzene rings is 1. The molecule has 0 radical (unpaired) electrons. The van der Waals surface area contributed by atoms with Crippen LogP contribution in [0.1, 0.15) is 71.7 Å². The molecule has 262 valence electrons. The van der Waals surface area contributed by atoms with Crippen LogP contribution in [0.15, 0.2) is 23.7 Å². The maximum atomic E-state index is 13.9. The summed E-state index contributed by atoms with van der Waals surface area (Å²) in [6.45, 7) is 22.1. The van der Waals surface area contributed by atoms with Crippen LogP contribution in [-0.2, 0) is 46.2 Å². The predicted octanol–water partition coefficient (Wildman–Crippen LogP) is 6.11. The number of likely N-dealkylation sites (tertiary alicyclic amines) is 1. The van der Waals surface area contributed by atoms with Crippen molar-refractivity contribution in [2.75, 3.05) is 33.5 Å². The molecule has 47 heavy (non-hydrogen) atoms. The number of esters is 1. The zero-order chi connectivity index (χ0) is 35.2. The number of aryl methyl sites for hydroxylation is 1. The van der Waals surface area contributed by atoms with Crippen LogP contribution >= 0.6 is 11.3 Å². The fourth-order valence-electron chi connectivity index (χ4n) is 5.04. The first-order valence-electron chi connectivity index (χ1n) is 16.4. The lowest BCUT2D eigenvalue weighted by Gasteiger charge is -2.38. The monoisotopic (exact) mass is 689 g/mol. The minimum atomic E-state index is -2.13. The number of nitrogens with zero attached hydrogens (tertiary/aromatic N) is 2. The predicted molar refractivity (Wildman–Crippen MR) is 187 cm³/mol. The second-order valence-corrected chi connectivity index (χ2v) is 20.6. The van der Waals surface area contributed by atoms with Crippen molar-refractivity contribution in [1.29, 1.82) is 0 Å². The van der Waals surface area contributed by atoms with Gasteiger partial charge in [0.25, 0.3) is 0 Å². The summed E-state index contributed by atoms with van der Waals surface area (Å²) in [6.07, 6.45) is 0.226. The third kappa shape index (κ3) is 10.4. The highest BCUT2D eigenvalue weighted by Gasteiger charge is 2.47. The van der Waals surface area contributed by atoms with Crippen LogP contribution in [0.2, 0.25) is 18.1 Å². The Morgan fingerprint density at radius 3 is 2.40 bits per heavy atom. The van der Waals surface area contributed by atoms with E-state index < -0.39 is 20.3 Å². The second-order valence-electron chi connectivity index (χ2n) is 15.0. The molecule has 0 aliphatic carbocycles. The molecule has 2 aromatic rings. The molecule has 1 aromatic heterocycles. The molecule has 2 heterocycles. The van der Waals surface area contributed by atoms with E-state index in [4.69, 9.17) is 18.6 Å². The van der Waals surface area contributed by atoms with Gasteiger partial charge >= 0.3 is 5.97 Å². The summed E-state index contributed by atoms with van der Waals surface area (Å²) in [4.78, 5) is 47.2. The molecule has 3 rings (SSSR count). The Balaban J connectivity index is 1.81.